The fraction of sp³-hybridized carbons (Fsp3) is 0.0667. The second-order valence-corrected chi connectivity index (χ2v) is 8.35. The van der Waals surface area contributed by atoms with Gasteiger partial charge in [0.05, 0.1) is 0 Å². The van der Waals surface area contributed by atoms with Gasteiger partial charge in [-0.05, 0) is 77.9 Å². The molecule has 0 saturated carbocycles. The summed E-state index contributed by atoms with van der Waals surface area (Å²) < 4.78 is 16.5. The van der Waals surface area contributed by atoms with Gasteiger partial charge in [0.15, 0.2) is 6.61 Å². The molecule has 4 rings (SSSR count). The number of carbonyl (C=O) groups is 2. The highest BCUT2D eigenvalue weighted by molar-refractivity contribution is 6.30. The van der Waals surface area contributed by atoms with Crippen molar-refractivity contribution < 1.29 is 23.8 Å². The third-order valence-corrected chi connectivity index (χ3v) is 5.33. The number of ether oxygens (including phenoxy) is 3. The highest BCUT2D eigenvalue weighted by Gasteiger charge is 2.06. The van der Waals surface area contributed by atoms with Gasteiger partial charge in [-0.3, -0.25) is 4.79 Å². The molecule has 4 aromatic carbocycles. The van der Waals surface area contributed by atoms with Crippen molar-refractivity contribution in [1.29, 1.82) is 0 Å². The van der Waals surface area contributed by atoms with E-state index in [0.29, 0.717) is 28.8 Å². The standard InChI is InChI=1S/C30H24ClNO5/c31-24-11-6-23(7-12-24)20-35-26-15-8-22(9-16-26)10-19-30(34)36-21-29(33)32-25-13-17-28(18-14-25)37-27-4-2-1-3-5-27/h1-19H,20-21H2,(H,32,33). The third-order valence-electron chi connectivity index (χ3n) is 5.07. The molecule has 0 radical (unpaired) electrons. The summed E-state index contributed by atoms with van der Waals surface area (Å²) >= 11 is 5.89. The summed E-state index contributed by atoms with van der Waals surface area (Å²) in [5.41, 5.74) is 2.36. The molecule has 1 N–H and O–H groups in total. The first-order chi connectivity index (χ1) is 18.0. The van der Waals surface area contributed by atoms with Crippen molar-refractivity contribution in [2.24, 2.45) is 0 Å². The van der Waals surface area contributed by atoms with Gasteiger partial charge < -0.3 is 19.5 Å². The second kappa shape index (κ2) is 13.0. The van der Waals surface area contributed by atoms with E-state index in [1.807, 2.05) is 78.9 Å². The minimum absolute atomic E-state index is 0.400. The first-order valence-corrected chi connectivity index (χ1v) is 11.9. The Labute approximate surface area is 220 Å². The Hall–Kier alpha value is -4.55. The van der Waals surface area contributed by atoms with E-state index in [1.54, 1.807) is 30.3 Å². The summed E-state index contributed by atoms with van der Waals surface area (Å²) in [6.45, 7) is 0.0231. The molecule has 0 bridgehead atoms. The van der Waals surface area contributed by atoms with E-state index in [9.17, 15) is 9.59 Å². The first kappa shape index (κ1) is 25.5. The van der Waals surface area contributed by atoms with Gasteiger partial charge in [-0.25, -0.2) is 4.79 Å². The monoisotopic (exact) mass is 513 g/mol. The second-order valence-electron chi connectivity index (χ2n) is 7.91. The van der Waals surface area contributed by atoms with Crippen LogP contribution >= 0.6 is 11.6 Å². The first-order valence-electron chi connectivity index (χ1n) is 11.5. The molecule has 6 nitrogen and oxygen atoms in total. The quantitative estimate of drug-likeness (QED) is 0.184. The van der Waals surface area contributed by atoms with Crippen LogP contribution < -0.4 is 14.8 Å². The zero-order valence-corrected chi connectivity index (χ0v) is 20.6. The Morgan fingerprint density at radius 1 is 0.757 bits per heavy atom. The molecule has 37 heavy (non-hydrogen) atoms. The van der Waals surface area contributed by atoms with E-state index >= 15 is 0 Å². The SMILES string of the molecule is O=C(COC(=O)C=Cc1ccc(OCc2ccc(Cl)cc2)cc1)Nc1ccc(Oc2ccccc2)cc1. The molecule has 0 aromatic heterocycles. The van der Waals surface area contributed by atoms with Crippen LogP contribution in [0.15, 0.2) is 109 Å². The Bertz CT molecular complexity index is 1340. The minimum Gasteiger partial charge on any atom is -0.489 e. The summed E-state index contributed by atoms with van der Waals surface area (Å²) in [6.07, 6.45) is 2.88. The number of nitrogens with one attached hydrogen (secondary N) is 1. The van der Waals surface area contributed by atoms with Gasteiger partial charge in [-0.1, -0.05) is 54.1 Å². The number of carbonyl (C=O) groups excluding carboxylic acids is 2. The molecule has 0 spiro atoms. The lowest BCUT2D eigenvalue weighted by Crippen LogP contribution is -2.20. The highest BCUT2D eigenvalue weighted by atomic mass is 35.5. The summed E-state index contributed by atoms with van der Waals surface area (Å²) in [5.74, 6) is 0.996. The molecule has 4 aromatic rings. The number of hydrogen-bond acceptors (Lipinski definition) is 5. The molecule has 0 heterocycles. The summed E-state index contributed by atoms with van der Waals surface area (Å²) in [7, 11) is 0. The van der Waals surface area contributed by atoms with Crippen molar-refractivity contribution >= 4 is 35.2 Å². The molecular weight excluding hydrogens is 490 g/mol. The van der Waals surface area contributed by atoms with Crippen molar-refractivity contribution in [1.82, 2.24) is 0 Å². The Morgan fingerprint density at radius 3 is 2.11 bits per heavy atom. The minimum atomic E-state index is -0.621. The van der Waals surface area contributed by atoms with Crippen LogP contribution in [0.2, 0.25) is 5.02 Å². The molecule has 0 aliphatic carbocycles. The van der Waals surface area contributed by atoms with Crippen molar-refractivity contribution in [2.75, 3.05) is 11.9 Å². The van der Waals surface area contributed by atoms with Crippen LogP contribution in [0.1, 0.15) is 11.1 Å². The van der Waals surface area contributed by atoms with Crippen molar-refractivity contribution in [2.45, 2.75) is 6.61 Å². The molecule has 0 aliphatic rings. The molecule has 0 fully saturated rings. The lowest BCUT2D eigenvalue weighted by atomic mass is 10.2. The zero-order valence-electron chi connectivity index (χ0n) is 19.8. The maximum atomic E-state index is 12.1. The fourth-order valence-corrected chi connectivity index (χ4v) is 3.33. The van der Waals surface area contributed by atoms with Gasteiger partial charge in [0, 0.05) is 16.8 Å². The Balaban J connectivity index is 1.17. The highest BCUT2D eigenvalue weighted by Crippen LogP contribution is 2.22. The number of benzene rings is 4. The molecule has 1 amide bonds. The molecule has 0 saturated heterocycles. The number of hydrogen-bond donors (Lipinski definition) is 1. The molecule has 0 unspecified atom stereocenters. The van der Waals surface area contributed by atoms with Crippen molar-refractivity contribution in [3.63, 3.8) is 0 Å². The van der Waals surface area contributed by atoms with Gasteiger partial charge in [0.2, 0.25) is 0 Å². The number of halogens is 1. The van der Waals surface area contributed by atoms with Gasteiger partial charge in [-0.2, -0.15) is 0 Å². The van der Waals surface area contributed by atoms with Gasteiger partial charge in [0.1, 0.15) is 23.9 Å². The predicted octanol–water partition coefficient (Wildman–Crippen LogP) is 6.91. The molecular formula is C30H24ClNO5. The summed E-state index contributed by atoms with van der Waals surface area (Å²) in [4.78, 5) is 24.1. The van der Waals surface area contributed by atoms with Gasteiger partial charge in [-0.15, -0.1) is 0 Å². The maximum absolute atomic E-state index is 12.1. The average molecular weight is 514 g/mol. The smallest absolute Gasteiger partial charge is 0.331 e. The zero-order chi connectivity index (χ0) is 25.9. The van der Waals surface area contributed by atoms with Crippen LogP contribution in [-0.4, -0.2) is 18.5 Å². The van der Waals surface area contributed by atoms with Crippen LogP contribution in [-0.2, 0) is 20.9 Å². The normalized spacial score (nSPS) is 10.6. The van der Waals surface area contributed by atoms with Crippen LogP contribution in [0.25, 0.3) is 6.08 Å². The maximum Gasteiger partial charge on any atom is 0.331 e. The van der Waals surface area contributed by atoms with E-state index in [-0.39, 0.29) is 0 Å². The number of esters is 1. The van der Waals surface area contributed by atoms with E-state index in [4.69, 9.17) is 25.8 Å². The topological polar surface area (TPSA) is 73.9 Å². The van der Waals surface area contributed by atoms with Crippen LogP contribution in [0.4, 0.5) is 5.69 Å². The predicted molar refractivity (Wildman–Crippen MR) is 144 cm³/mol. The lowest BCUT2D eigenvalue weighted by molar-refractivity contribution is -0.142. The third kappa shape index (κ3) is 8.56. The largest absolute Gasteiger partial charge is 0.489 e. The summed E-state index contributed by atoms with van der Waals surface area (Å²) in [6, 6.07) is 31.0. The number of para-hydroxylation sites is 1. The van der Waals surface area contributed by atoms with Crippen LogP contribution in [0.3, 0.4) is 0 Å². The lowest BCUT2D eigenvalue weighted by Gasteiger charge is -2.08. The van der Waals surface area contributed by atoms with E-state index in [1.165, 1.54) is 6.08 Å². The molecule has 0 aliphatic heterocycles. The average Bonchev–Trinajstić information content (AvgIpc) is 2.93. The summed E-state index contributed by atoms with van der Waals surface area (Å²) in [5, 5.41) is 3.36. The van der Waals surface area contributed by atoms with Crippen LogP contribution in [0.5, 0.6) is 17.2 Å². The molecule has 7 heteroatoms. The van der Waals surface area contributed by atoms with E-state index in [0.717, 1.165) is 16.9 Å². The number of anilines is 1. The van der Waals surface area contributed by atoms with Gasteiger partial charge in [0.25, 0.3) is 5.91 Å². The molecule has 0 atom stereocenters. The van der Waals surface area contributed by atoms with Crippen LogP contribution in [0, 0.1) is 0 Å². The Morgan fingerprint density at radius 2 is 1.41 bits per heavy atom. The van der Waals surface area contributed by atoms with Crippen molar-refractivity contribution in [3.8, 4) is 17.2 Å². The number of rotatable bonds is 10. The Kier molecular flexibility index (Phi) is 8.94. The van der Waals surface area contributed by atoms with E-state index < -0.39 is 18.5 Å². The molecule has 186 valence electrons. The van der Waals surface area contributed by atoms with Gasteiger partial charge >= 0.3 is 5.97 Å². The van der Waals surface area contributed by atoms with Crippen molar-refractivity contribution in [3.05, 3.63) is 125 Å². The number of amides is 1. The van der Waals surface area contributed by atoms with E-state index in [2.05, 4.69) is 5.32 Å². The fourth-order valence-electron chi connectivity index (χ4n) is 3.20.